The van der Waals surface area contributed by atoms with Crippen molar-refractivity contribution in [3.8, 4) is 17.2 Å². The van der Waals surface area contributed by atoms with E-state index in [0.29, 0.717) is 24.7 Å². The number of aliphatic imine (C=N–C) groups is 1. The van der Waals surface area contributed by atoms with Crippen LogP contribution in [0.5, 0.6) is 17.2 Å². The average molecular weight is 383 g/mol. The number of carbonyl (C=O) groups is 1. The van der Waals surface area contributed by atoms with E-state index in [1.807, 2.05) is 42.5 Å². The Hall–Kier alpha value is -3.02. The summed E-state index contributed by atoms with van der Waals surface area (Å²) in [6, 6.07) is 13.2. The van der Waals surface area contributed by atoms with Crippen LogP contribution in [-0.4, -0.2) is 46.2 Å². The zero-order valence-electron chi connectivity index (χ0n) is 16.6. The van der Waals surface area contributed by atoms with Crippen molar-refractivity contribution in [2.24, 2.45) is 10.9 Å². The predicted molar refractivity (Wildman–Crippen MR) is 107 cm³/mol. The van der Waals surface area contributed by atoms with Gasteiger partial charge in [0.15, 0.2) is 0 Å². The Labute approximate surface area is 165 Å². The molecule has 2 aromatic rings. The Balaban J connectivity index is 1.99. The normalized spacial score (nSPS) is 18.4. The molecular weight excluding hydrogens is 358 g/mol. The van der Waals surface area contributed by atoms with Gasteiger partial charge in [0, 0.05) is 24.1 Å². The minimum Gasteiger partial charge on any atom is -0.497 e. The van der Waals surface area contributed by atoms with Crippen LogP contribution in [0.1, 0.15) is 24.0 Å². The predicted octanol–water partition coefficient (Wildman–Crippen LogP) is 3.48. The van der Waals surface area contributed by atoms with Crippen LogP contribution in [-0.2, 0) is 9.53 Å². The minimum absolute atomic E-state index is 0.169. The molecule has 1 aliphatic rings. The van der Waals surface area contributed by atoms with Crippen molar-refractivity contribution in [3.63, 3.8) is 0 Å². The van der Waals surface area contributed by atoms with Gasteiger partial charge in [0.2, 0.25) is 0 Å². The van der Waals surface area contributed by atoms with Gasteiger partial charge in [0.25, 0.3) is 0 Å². The van der Waals surface area contributed by atoms with Gasteiger partial charge in [0.1, 0.15) is 23.2 Å². The Morgan fingerprint density at radius 2 is 1.68 bits per heavy atom. The highest BCUT2D eigenvalue weighted by atomic mass is 16.5. The molecule has 2 aromatic carbocycles. The second-order valence-corrected chi connectivity index (χ2v) is 6.40. The molecule has 0 fully saturated rings. The molecule has 0 saturated heterocycles. The van der Waals surface area contributed by atoms with Crippen LogP contribution in [0, 0.1) is 5.92 Å². The zero-order valence-corrected chi connectivity index (χ0v) is 16.6. The van der Waals surface area contributed by atoms with Crippen LogP contribution in [0.3, 0.4) is 0 Å². The van der Waals surface area contributed by atoms with E-state index in [4.69, 9.17) is 23.9 Å². The topological polar surface area (TPSA) is 66.4 Å². The summed E-state index contributed by atoms with van der Waals surface area (Å²) in [4.78, 5) is 17.6. The summed E-state index contributed by atoms with van der Waals surface area (Å²) >= 11 is 0. The summed E-state index contributed by atoms with van der Waals surface area (Å²) in [5.74, 6) is 1.17. The lowest BCUT2D eigenvalue weighted by Crippen LogP contribution is -2.29. The number of esters is 1. The van der Waals surface area contributed by atoms with Crippen molar-refractivity contribution < 1.29 is 23.7 Å². The van der Waals surface area contributed by atoms with E-state index in [1.165, 1.54) is 0 Å². The average Bonchev–Trinajstić information content (AvgIpc) is 3.18. The molecule has 0 aliphatic carbocycles. The van der Waals surface area contributed by atoms with Gasteiger partial charge >= 0.3 is 5.97 Å². The molecule has 0 amide bonds. The third kappa shape index (κ3) is 3.81. The molecule has 2 atom stereocenters. The Morgan fingerprint density at radius 1 is 1.00 bits per heavy atom. The summed E-state index contributed by atoms with van der Waals surface area (Å²) < 4.78 is 21.5. The molecule has 0 saturated carbocycles. The maximum absolute atomic E-state index is 12.9. The molecule has 0 radical (unpaired) electrons. The van der Waals surface area contributed by atoms with Crippen molar-refractivity contribution in [1.82, 2.24) is 0 Å². The molecule has 0 aromatic heterocycles. The molecule has 0 spiro atoms. The standard InChI is InChI=1S/C22H25NO5/c1-5-28-22(24)20-18(17-11-10-16(26-3)12-19(17)27-4)13-23-21(20)14-6-8-15(25-2)9-7-14/h6-12,18,20H,5,13H2,1-4H3. The van der Waals surface area contributed by atoms with E-state index >= 15 is 0 Å². The number of methoxy groups -OCH3 is 3. The van der Waals surface area contributed by atoms with Crippen molar-refractivity contribution >= 4 is 11.7 Å². The molecule has 28 heavy (non-hydrogen) atoms. The Morgan fingerprint density at radius 3 is 2.29 bits per heavy atom. The molecule has 0 N–H and O–H groups in total. The molecular formula is C22H25NO5. The molecule has 1 heterocycles. The summed E-state index contributed by atoms with van der Waals surface area (Å²) in [5.41, 5.74) is 2.52. The number of hydrogen-bond acceptors (Lipinski definition) is 6. The van der Waals surface area contributed by atoms with Crippen molar-refractivity contribution in [3.05, 3.63) is 53.6 Å². The van der Waals surface area contributed by atoms with Gasteiger partial charge in [-0.3, -0.25) is 9.79 Å². The van der Waals surface area contributed by atoms with E-state index in [1.54, 1.807) is 28.3 Å². The van der Waals surface area contributed by atoms with Gasteiger partial charge < -0.3 is 18.9 Å². The lowest BCUT2D eigenvalue weighted by atomic mass is 9.83. The Kier molecular flexibility index (Phi) is 6.19. The van der Waals surface area contributed by atoms with E-state index in [-0.39, 0.29) is 11.9 Å². The number of benzene rings is 2. The summed E-state index contributed by atoms with van der Waals surface area (Å²) in [7, 11) is 4.84. The van der Waals surface area contributed by atoms with Crippen LogP contribution in [0.2, 0.25) is 0 Å². The van der Waals surface area contributed by atoms with E-state index in [0.717, 1.165) is 22.6 Å². The molecule has 0 bridgehead atoms. The Bertz CT molecular complexity index is 860. The third-order valence-corrected chi connectivity index (χ3v) is 4.92. The van der Waals surface area contributed by atoms with Crippen molar-refractivity contribution in [1.29, 1.82) is 0 Å². The summed E-state index contributed by atoms with van der Waals surface area (Å²) in [6.45, 7) is 2.60. The number of hydrogen-bond donors (Lipinski definition) is 0. The highest BCUT2D eigenvalue weighted by Gasteiger charge is 2.41. The van der Waals surface area contributed by atoms with Gasteiger partial charge in [-0.05, 0) is 42.8 Å². The first kappa shape index (κ1) is 19.7. The second kappa shape index (κ2) is 8.78. The first-order valence-corrected chi connectivity index (χ1v) is 9.20. The van der Waals surface area contributed by atoms with Gasteiger partial charge in [-0.15, -0.1) is 0 Å². The van der Waals surface area contributed by atoms with Gasteiger partial charge in [-0.1, -0.05) is 6.07 Å². The minimum atomic E-state index is -0.504. The fourth-order valence-electron chi connectivity index (χ4n) is 3.53. The number of carbonyl (C=O) groups excluding carboxylic acids is 1. The maximum Gasteiger partial charge on any atom is 0.315 e. The molecule has 2 unspecified atom stereocenters. The first-order valence-electron chi connectivity index (χ1n) is 9.20. The zero-order chi connectivity index (χ0) is 20.1. The lowest BCUT2D eigenvalue weighted by molar-refractivity contribution is -0.145. The quantitative estimate of drug-likeness (QED) is 0.685. The van der Waals surface area contributed by atoms with Crippen molar-refractivity contribution in [2.45, 2.75) is 12.8 Å². The second-order valence-electron chi connectivity index (χ2n) is 6.40. The lowest BCUT2D eigenvalue weighted by Gasteiger charge is -2.22. The first-order chi connectivity index (χ1) is 13.6. The fraction of sp³-hybridized carbons (Fsp3) is 0.364. The van der Waals surface area contributed by atoms with Gasteiger partial charge in [-0.2, -0.15) is 0 Å². The molecule has 3 rings (SSSR count). The summed E-state index contributed by atoms with van der Waals surface area (Å²) in [6.07, 6.45) is 0. The highest BCUT2D eigenvalue weighted by Crippen LogP contribution is 2.40. The van der Waals surface area contributed by atoms with Crippen LogP contribution in [0.15, 0.2) is 47.5 Å². The van der Waals surface area contributed by atoms with Crippen LogP contribution in [0.25, 0.3) is 0 Å². The molecule has 6 heteroatoms. The number of nitrogens with zero attached hydrogens (tertiary/aromatic N) is 1. The summed E-state index contributed by atoms with van der Waals surface area (Å²) in [5, 5.41) is 0. The molecule has 6 nitrogen and oxygen atoms in total. The smallest absolute Gasteiger partial charge is 0.315 e. The largest absolute Gasteiger partial charge is 0.497 e. The van der Waals surface area contributed by atoms with Crippen LogP contribution < -0.4 is 14.2 Å². The SMILES string of the molecule is CCOC(=O)C1C(c2ccc(OC)cc2)=NCC1c1ccc(OC)cc1OC. The van der Waals surface area contributed by atoms with Gasteiger partial charge in [0.05, 0.1) is 33.6 Å². The monoisotopic (exact) mass is 383 g/mol. The third-order valence-electron chi connectivity index (χ3n) is 4.92. The van der Waals surface area contributed by atoms with E-state index in [9.17, 15) is 4.79 Å². The highest BCUT2D eigenvalue weighted by molar-refractivity contribution is 6.13. The van der Waals surface area contributed by atoms with E-state index in [2.05, 4.69) is 0 Å². The number of ether oxygens (including phenoxy) is 4. The van der Waals surface area contributed by atoms with Crippen LogP contribution in [0.4, 0.5) is 0 Å². The number of rotatable bonds is 7. The van der Waals surface area contributed by atoms with Crippen molar-refractivity contribution in [2.75, 3.05) is 34.5 Å². The molecule has 148 valence electrons. The van der Waals surface area contributed by atoms with Gasteiger partial charge in [-0.25, -0.2) is 0 Å². The fourth-order valence-corrected chi connectivity index (χ4v) is 3.53. The van der Waals surface area contributed by atoms with E-state index < -0.39 is 5.92 Å². The maximum atomic E-state index is 12.9. The molecule has 1 aliphatic heterocycles. The van der Waals surface area contributed by atoms with Crippen LogP contribution >= 0.6 is 0 Å².